The van der Waals surface area contributed by atoms with Crippen LogP contribution in [0.2, 0.25) is 0 Å². The fourth-order valence-electron chi connectivity index (χ4n) is 3.35. The highest BCUT2D eigenvalue weighted by atomic mass is 16.5. The summed E-state index contributed by atoms with van der Waals surface area (Å²) in [5, 5.41) is 8.98. The highest BCUT2D eigenvalue weighted by Crippen LogP contribution is 2.50. The summed E-state index contributed by atoms with van der Waals surface area (Å²) in [5.74, 6) is 0.490. The molecule has 2 unspecified atom stereocenters. The number of hydrogen-bond donors (Lipinski definition) is 1. The largest absolute Gasteiger partial charge is 0.496 e. The third kappa shape index (κ3) is 8.70. The second-order valence-corrected chi connectivity index (χ2v) is 8.58. The fourth-order valence-corrected chi connectivity index (χ4v) is 3.35. The second-order valence-electron chi connectivity index (χ2n) is 8.58. The molecule has 0 amide bonds. The van der Waals surface area contributed by atoms with Gasteiger partial charge in [-0.25, -0.2) is 0 Å². The van der Waals surface area contributed by atoms with E-state index in [0.29, 0.717) is 18.4 Å². The molecule has 0 bridgehead atoms. The predicted octanol–water partition coefficient (Wildman–Crippen LogP) is 4.43. The smallest absolute Gasteiger partial charge is 0.302 e. The lowest BCUT2D eigenvalue weighted by Gasteiger charge is -2.45. The van der Waals surface area contributed by atoms with E-state index in [1.165, 1.54) is 25.5 Å². The van der Waals surface area contributed by atoms with Gasteiger partial charge in [0.05, 0.1) is 13.7 Å². The first-order chi connectivity index (χ1) is 14.0. The molecule has 0 radical (unpaired) electrons. The van der Waals surface area contributed by atoms with Crippen LogP contribution >= 0.6 is 0 Å². The first-order valence-electron chi connectivity index (χ1n) is 9.93. The molecule has 0 aromatic carbocycles. The van der Waals surface area contributed by atoms with E-state index in [-0.39, 0.29) is 36.6 Å². The summed E-state index contributed by atoms with van der Waals surface area (Å²) in [6, 6.07) is 0. The fraction of sp³-hybridized carbons (Fsp3) is 0.640. The van der Waals surface area contributed by atoms with Crippen LogP contribution in [0.5, 0.6) is 0 Å². The van der Waals surface area contributed by atoms with E-state index in [9.17, 15) is 9.59 Å². The Bertz CT molecular complexity index is 731. The monoisotopic (exact) mass is 436 g/mol. The molecule has 2 rings (SSSR count). The first kappa shape index (κ1) is 30.8. The number of rotatable bonds is 5. The van der Waals surface area contributed by atoms with Gasteiger partial charge in [0.25, 0.3) is 0 Å². The highest BCUT2D eigenvalue weighted by molar-refractivity contribution is 5.87. The predicted molar refractivity (Wildman–Crippen MR) is 122 cm³/mol. The van der Waals surface area contributed by atoms with Gasteiger partial charge in [0.2, 0.25) is 0 Å². The van der Waals surface area contributed by atoms with Crippen LogP contribution in [0, 0.1) is 22.7 Å². The van der Waals surface area contributed by atoms with Gasteiger partial charge in [0, 0.05) is 25.5 Å². The molecule has 1 N–H and O–H groups in total. The van der Waals surface area contributed by atoms with Gasteiger partial charge >= 0.3 is 5.97 Å². The molecule has 2 fully saturated rings. The number of aliphatic hydroxyl groups is 1. The summed E-state index contributed by atoms with van der Waals surface area (Å²) >= 11 is 0. The molecule has 2 aliphatic carbocycles. The number of carbonyl (C=O) groups excluding carboxylic acids is 3. The van der Waals surface area contributed by atoms with E-state index in [4.69, 9.17) is 19.4 Å². The zero-order chi connectivity index (χ0) is 23.5. The Hall–Kier alpha value is -2.39. The molecule has 2 aliphatic rings. The average molecular weight is 437 g/mol. The number of carbonyl (C=O) groups is 3. The van der Waals surface area contributed by atoms with Crippen LogP contribution < -0.4 is 0 Å². The van der Waals surface area contributed by atoms with E-state index in [0.717, 1.165) is 18.4 Å². The third-order valence-corrected chi connectivity index (χ3v) is 6.01. The van der Waals surface area contributed by atoms with Gasteiger partial charge in [0.1, 0.15) is 13.1 Å². The van der Waals surface area contributed by atoms with Crippen molar-refractivity contribution in [3.63, 3.8) is 0 Å². The lowest BCUT2D eigenvalue weighted by atomic mass is 9.59. The van der Waals surface area contributed by atoms with E-state index >= 15 is 0 Å². The molecule has 176 valence electrons. The Balaban J connectivity index is 0. The van der Waals surface area contributed by atoms with Crippen LogP contribution in [0.3, 0.4) is 0 Å². The number of hydrogen-bond acceptors (Lipinski definition) is 6. The number of ketones is 1. The van der Waals surface area contributed by atoms with Crippen molar-refractivity contribution < 1.29 is 29.0 Å². The Kier molecular flexibility index (Phi) is 13.7. The van der Waals surface area contributed by atoms with E-state index in [1.54, 1.807) is 13.4 Å². The summed E-state index contributed by atoms with van der Waals surface area (Å²) in [5.41, 5.74) is 8.55. The van der Waals surface area contributed by atoms with E-state index in [2.05, 4.69) is 39.2 Å². The molecule has 2 atom stereocenters. The minimum atomic E-state index is -0.243. The number of allylic oxidation sites excluding steroid dienone is 2. The number of ether oxygens (including phenoxy) is 2. The van der Waals surface area contributed by atoms with Gasteiger partial charge in [-0.2, -0.15) is 0 Å². The highest BCUT2D eigenvalue weighted by Gasteiger charge is 2.44. The van der Waals surface area contributed by atoms with Gasteiger partial charge in [-0.05, 0) is 47.7 Å². The maximum absolute atomic E-state index is 10.8. The third-order valence-electron chi connectivity index (χ3n) is 6.01. The van der Waals surface area contributed by atoms with Crippen LogP contribution in [0.25, 0.3) is 0 Å². The summed E-state index contributed by atoms with van der Waals surface area (Å²) in [6.45, 7) is 14.1. The van der Waals surface area contributed by atoms with Crippen molar-refractivity contribution >= 4 is 18.5 Å². The molecule has 0 aliphatic heterocycles. The quantitative estimate of drug-likeness (QED) is 0.297. The molecule has 6 nitrogen and oxygen atoms in total. The van der Waals surface area contributed by atoms with Crippen molar-refractivity contribution in [3.8, 4) is 0 Å². The molecular weight excluding hydrogens is 396 g/mol. The zero-order valence-electron chi connectivity index (χ0n) is 19.3. The molecule has 0 aromatic heterocycles. The number of esters is 1. The van der Waals surface area contributed by atoms with Crippen LogP contribution in [0.15, 0.2) is 34.9 Å². The summed E-state index contributed by atoms with van der Waals surface area (Å²) < 4.78 is 9.79. The van der Waals surface area contributed by atoms with Crippen molar-refractivity contribution in [2.45, 2.75) is 61.8 Å². The van der Waals surface area contributed by atoms with Gasteiger partial charge in [-0.3, -0.25) is 9.59 Å². The average Bonchev–Trinajstić information content (AvgIpc) is 2.67. The van der Waals surface area contributed by atoms with Crippen LogP contribution in [0.1, 0.15) is 61.8 Å². The first-order valence-corrected chi connectivity index (χ1v) is 9.93. The van der Waals surface area contributed by atoms with E-state index < -0.39 is 0 Å². The minimum Gasteiger partial charge on any atom is -0.496 e. The van der Waals surface area contributed by atoms with Crippen LogP contribution in [-0.4, -0.2) is 44.0 Å². The normalized spacial score (nSPS) is 21.3. The number of aliphatic hydroxyl groups excluding tert-OH is 1. The Labute approximate surface area is 187 Å². The second kappa shape index (κ2) is 13.8. The van der Waals surface area contributed by atoms with Crippen molar-refractivity contribution in [2.24, 2.45) is 22.7 Å². The van der Waals surface area contributed by atoms with Gasteiger partial charge in [-0.1, -0.05) is 40.9 Å². The Morgan fingerprint density at radius 1 is 1.06 bits per heavy atom. The van der Waals surface area contributed by atoms with Gasteiger partial charge < -0.3 is 19.4 Å². The minimum absolute atomic E-state index is 0. The molecule has 31 heavy (non-hydrogen) atoms. The number of methoxy groups -OCH3 is 1. The molecular formula is C25H40O6. The van der Waals surface area contributed by atoms with Crippen LogP contribution in [0.4, 0.5) is 0 Å². The lowest BCUT2D eigenvalue weighted by molar-refractivity contribution is -0.144. The molecule has 0 saturated heterocycles. The lowest BCUT2D eigenvalue weighted by Crippen LogP contribution is -2.40. The van der Waals surface area contributed by atoms with Crippen molar-refractivity contribution in [1.82, 2.24) is 0 Å². The van der Waals surface area contributed by atoms with Crippen molar-refractivity contribution in [3.05, 3.63) is 34.9 Å². The Morgan fingerprint density at radius 2 is 1.55 bits per heavy atom. The molecule has 6 heteroatoms. The topological polar surface area (TPSA) is 89.9 Å². The maximum atomic E-state index is 10.8. The van der Waals surface area contributed by atoms with Crippen molar-refractivity contribution in [1.29, 1.82) is 0 Å². The standard InChI is InChI=1S/C13H18O3.C10H16O2.CH2O.CH4/c1-9(14)5-6-11-7-12(13(11,3)4)8-16-10(2)15;1-10(2)8(4-5-12-3)6-9(10)7-11;1-2;/h5,12H,7-8H2,1-4H3;5,9,11H,6-7H2,1-3H3;1H2;1H4. The summed E-state index contributed by atoms with van der Waals surface area (Å²) in [6.07, 6.45) is 4.84. The van der Waals surface area contributed by atoms with E-state index in [1.807, 2.05) is 6.79 Å². The molecule has 0 heterocycles. The summed E-state index contributed by atoms with van der Waals surface area (Å²) in [4.78, 5) is 29.5. The molecule has 2 saturated carbocycles. The van der Waals surface area contributed by atoms with Gasteiger partial charge in [-0.15, -0.1) is 5.73 Å². The Morgan fingerprint density at radius 3 is 1.94 bits per heavy atom. The summed E-state index contributed by atoms with van der Waals surface area (Å²) in [7, 11) is 1.61. The van der Waals surface area contributed by atoms with Gasteiger partial charge in [0.15, 0.2) is 5.78 Å². The SMILES string of the molecule is C.C=O.CC(=O)C=C=C1CC(COC(C)=O)C1(C)C.COC=C=C1CC(CO)C1(C)C. The van der Waals surface area contributed by atoms with Crippen molar-refractivity contribution in [2.75, 3.05) is 20.3 Å². The van der Waals surface area contributed by atoms with Crippen LogP contribution in [-0.2, 0) is 23.9 Å². The molecule has 0 aromatic rings. The molecule has 0 spiro atoms. The zero-order valence-corrected chi connectivity index (χ0v) is 19.3. The maximum Gasteiger partial charge on any atom is 0.302 e.